The predicted molar refractivity (Wildman–Crippen MR) is 82.0 cm³/mol. The van der Waals surface area contributed by atoms with E-state index in [0.717, 1.165) is 28.9 Å². The number of ether oxygens (including phenoxy) is 1. The summed E-state index contributed by atoms with van der Waals surface area (Å²) < 4.78 is 6.69. The molecule has 0 radical (unpaired) electrons. The minimum absolute atomic E-state index is 0.743. The van der Waals surface area contributed by atoms with Crippen LogP contribution in [0.4, 0.5) is 5.69 Å². The molecular weight excluding hydrogens is 290 g/mol. The largest absolute Gasteiger partial charge is 0.492 e. The summed E-state index contributed by atoms with van der Waals surface area (Å²) in [5, 5.41) is 0. The molecule has 0 aliphatic rings. The van der Waals surface area contributed by atoms with Crippen molar-refractivity contribution in [2.75, 3.05) is 12.3 Å². The molecule has 0 saturated carbocycles. The van der Waals surface area contributed by atoms with Gasteiger partial charge in [-0.2, -0.15) is 0 Å². The van der Waals surface area contributed by atoms with E-state index in [4.69, 9.17) is 10.5 Å². The quantitative estimate of drug-likeness (QED) is 0.504. The van der Waals surface area contributed by atoms with E-state index in [1.165, 1.54) is 38.5 Å². The Balaban J connectivity index is 2.09. The summed E-state index contributed by atoms with van der Waals surface area (Å²) in [4.78, 5) is 0. The maximum atomic E-state index is 5.73. The molecule has 0 fully saturated rings. The van der Waals surface area contributed by atoms with Gasteiger partial charge in [0.25, 0.3) is 0 Å². The molecule has 0 unspecified atom stereocenters. The molecule has 0 saturated heterocycles. The Morgan fingerprint density at radius 1 is 1.06 bits per heavy atom. The van der Waals surface area contributed by atoms with Crippen molar-refractivity contribution in [3.05, 3.63) is 22.7 Å². The van der Waals surface area contributed by atoms with Crippen molar-refractivity contribution in [1.82, 2.24) is 0 Å². The van der Waals surface area contributed by atoms with Gasteiger partial charge in [-0.1, -0.05) is 45.4 Å². The van der Waals surface area contributed by atoms with E-state index in [1.807, 2.05) is 18.2 Å². The molecule has 3 heteroatoms. The average molecular weight is 314 g/mol. The Labute approximate surface area is 119 Å². The lowest BCUT2D eigenvalue weighted by Crippen LogP contribution is -1.98. The maximum absolute atomic E-state index is 5.73. The smallest absolute Gasteiger partial charge is 0.135 e. The van der Waals surface area contributed by atoms with Gasteiger partial charge in [0.15, 0.2) is 0 Å². The van der Waals surface area contributed by atoms with Crippen LogP contribution in [-0.4, -0.2) is 6.61 Å². The van der Waals surface area contributed by atoms with Crippen LogP contribution in [0.2, 0.25) is 0 Å². The second-order valence-electron chi connectivity index (χ2n) is 4.66. The van der Waals surface area contributed by atoms with Crippen molar-refractivity contribution >= 4 is 21.6 Å². The van der Waals surface area contributed by atoms with E-state index in [2.05, 4.69) is 22.9 Å². The lowest BCUT2D eigenvalue weighted by atomic mass is 10.1. The van der Waals surface area contributed by atoms with Crippen LogP contribution < -0.4 is 10.5 Å². The van der Waals surface area contributed by atoms with Gasteiger partial charge in [-0.05, 0) is 34.5 Å². The fourth-order valence-corrected chi connectivity index (χ4v) is 2.23. The van der Waals surface area contributed by atoms with Crippen LogP contribution in [0.15, 0.2) is 22.7 Å². The molecule has 0 aliphatic carbocycles. The molecule has 2 N–H and O–H groups in total. The van der Waals surface area contributed by atoms with Crippen LogP contribution >= 0.6 is 15.9 Å². The number of benzene rings is 1. The third-order valence-electron chi connectivity index (χ3n) is 2.96. The molecule has 0 spiro atoms. The van der Waals surface area contributed by atoms with Crippen molar-refractivity contribution in [2.45, 2.75) is 51.9 Å². The molecule has 1 aromatic rings. The summed E-state index contributed by atoms with van der Waals surface area (Å²) in [7, 11) is 0. The molecule has 0 bridgehead atoms. The fraction of sp³-hybridized carbons (Fsp3) is 0.600. The van der Waals surface area contributed by atoms with E-state index in [1.54, 1.807) is 0 Å². The fourth-order valence-electron chi connectivity index (χ4n) is 1.87. The molecular formula is C15H24BrNO. The zero-order valence-corrected chi connectivity index (χ0v) is 12.8. The van der Waals surface area contributed by atoms with Crippen LogP contribution in [0.1, 0.15) is 51.9 Å². The molecule has 1 aromatic carbocycles. The first kappa shape index (κ1) is 15.4. The van der Waals surface area contributed by atoms with Crippen LogP contribution in [0.5, 0.6) is 5.75 Å². The van der Waals surface area contributed by atoms with Gasteiger partial charge in [-0.3, -0.25) is 0 Å². The van der Waals surface area contributed by atoms with Gasteiger partial charge in [0, 0.05) is 11.8 Å². The zero-order chi connectivity index (χ0) is 13.2. The van der Waals surface area contributed by atoms with E-state index in [0.29, 0.717) is 0 Å². The first-order chi connectivity index (χ1) is 8.74. The molecule has 0 amide bonds. The van der Waals surface area contributed by atoms with Gasteiger partial charge in [-0.15, -0.1) is 0 Å². The van der Waals surface area contributed by atoms with Crippen molar-refractivity contribution in [2.24, 2.45) is 0 Å². The van der Waals surface area contributed by atoms with Crippen molar-refractivity contribution in [1.29, 1.82) is 0 Å². The van der Waals surface area contributed by atoms with Crippen LogP contribution in [0.25, 0.3) is 0 Å². The van der Waals surface area contributed by atoms with Gasteiger partial charge in [0.2, 0.25) is 0 Å². The maximum Gasteiger partial charge on any atom is 0.135 e. The van der Waals surface area contributed by atoms with Crippen LogP contribution in [0, 0.1) is 0 Å². The number of anilines is 1. The Morgan fingerprint density at radius 3 is 2.44 bits per heavy atom. The standard InChI is InChI=1S/C15H24BrNO/c1-2-3-4-5-6-7-8-11-18-15-12-13(17)9-10-14(15)16/h9-10,12H,2-8,11,17H2,1H3. The van der Waals surface area contributed by atoms with E-state index in [9.17, 15) is 0 Å². The predicted octanol–water partition coefficient (Wildman–Crippen LogP) is 5.16. The Morgan fingerprint density at radius 2 is 1.72 bits per heavy atom. The lowest BCUT2D eigenvalue weighted by Gasteiger charge is -2.08. The summed E-state index contributed by atoms with van der Waals surface area (Å²) in [5.41, 5.74) is 6.47. The van der Waals surface area contributed by atoms with E-state index >= 15 is 0 Å². The van der Waals surface area contributed by atoms with Crippen LogP contribution in [0.3, 0.4) is 0 Å². The molecule has 0 heterocycles. The summed E-state index contributed by atoms with van der Waals surface area (Å²) in [5.74, 6) is 0.848. The minimum atomic E-state index is 0.743. The number of nitrogen functional groups attached to an aromatic ring is 1. The summed E-state index contributed by atoms with van der Waals surface area (Å²) in [6.45, 7) is 3.02. The Bertz CT molecular complexity index is 341. The number of halogens is 1. The summed E-state index contributed by atoms with van der Waals surface area (Å²) >= 11 is 3.46. The van der Waals surface area contributed by atoms with E-state index < -0.39 is 0 Å². The Hall–Kier alpha value is -0.700. The molecule has 0 atom stereocenters. The van der Waals surface area contributed by atoms with Gasteiger partial charge < -0.3 is 10.5 Å². The SMILES string of the molecule is CCCCCCCCCOc1cc(N)ccc1Br. The van der Waals surface area contributed by atoms with Crippen LogP contribution in [-0.2, 0) is 0 Å². The summed E-state index contributed by atoms with van der Waals surface area (Å²) in [6, 6.07) is 5.66. The zero-order valence-electron chi connectivity index (χ0n) is 11.3. The number of hydrogen-bond acceptors (Lipinski definition) is 2. The second-order valence-corrected chi connectivity index (χ2v) is 5.51. The number of rotatable bonds is 9. The minimum Gasteiger partial charge on any atom is -0.492 e. The molecule has 102 valence electrons. The van der Waals surface area contributed by atoms with Crippen molar-refractivity contribution < 1.29 is 4.74 Å². The molecule has 18 heavy (non-hydrogen) atoms. The third kappa shape index (κ3) is 6.29. The first-order valence-electron chi connectivity index (χ1n) is 6.92. The van der Waals surface area contributed by atoms with Crippen molar-refractivity contribution in [3.63, 3.8) is 0 Å². The highest BCUT2D eigenvalue weighted by Crippen LogP contribution is 2.27. The molecule has 0 aliphatic heterocycles. The van der Waals surface area contributed by atoms with Gasteiger partial charge in [-0.25, -0.2) is 0 Å². The van der Waals surface area contributed by atoms with Gasteiger partial charge >= 0.3 is 0 Å². The lowest BCUT2D eigenvalue weighted by molar-refractivity contribution is 0.302. The molecule has 2 nitrogen and oxygen atoms in total. The average Bonchev–Trinajstić information content (AvgIpc) is 2.36. The second kappa shape index (κ2) is 9.26. The Kier molecular flexibility index (Phi) is 7.90. The van der Waals surface area contributed by atoms with Crippen molar-refractivity contribution in [3.8, 4) is 5.75 Å². The highest BCUT2D eigenvalue weighted by Gasteiger charge is 2.01. The van der Waals surface area contributed by atoms with E-state index in [-0.39, 0.29) is 0 Å². The van der Waals surface area contributed by atoms with Gasteiger partial charge in [0.05, 0.1) is 11.1 Å². The molecule has 1 rings (SSSR count). The topological polar surface area (TPSA) is 35.2 Å². The number of nitrogens with two attached hydrogens (primary N) is 1. The normalized spacial score (nSPS) is 10.6. The molecule has 0 aromatic heterocycles. The monoisotopic (exact) mass is 313 g/mol. The number of hydrogen-bond donors (Lipinski definition) is 1. The third-order valence-corrected chi connectivity index (χ3v) is 3.62. The highest BCUT2D eigenvalue weighted by molar-refractivity contribution is 9.10. The highest BCUT2D eigenvalue weighted by atomic mass is 79.9. The number of unbranched alkanes of at least 4 members (excludes halogenated alkanes) is 6. The summed E-state index contributed by atoms with van der Waals surface area (Å²) in [6.07, 6.45) is 9.10. The first-order valence-corrected chi connectivity index (χ1v) is 7.71. The van der Waals surface area contributed by atoms with Gasteiger partial charge in [0.1, 0.15) is 5.75 Å².